The summed E-state index contributed by atoms with van der Waals surface area (Å²) in [6.07, 6.45) is 1.64. The van der Waals surface area contributed by atoms with Crippen molar-refractivity contribution in [2.75, 3.05) is 5.73 Å². The Labute approximate surface area is 102 Å². The number of benzene rings is 2. The van der Waals surface area contributed by atoms with Crippen LogP contribution in [0, 0.1) is 0 Å². The van der Waals surface area contributed by atoms with Crippen molar-refractivity contribution < 1.29 is 5.11 Å². The van der Waals surface area contributed by atoms with Crippen molar-refractivity contribution in [2.45, 2.75) is 19.8 Å². The molecular weight excluding hydrogens is 210 g/mol. The lowest BCUT2D eigenvalue weighted by Crippen LogP contribution is -1.95. The largest absolute Gasteiger partial charge is 0.506 e. The fourth-order valence-corrected chi connectivity index (χ4v) is 1.99. The lowest BCUT2D eigenvalue weighted by atomic mass is 10.00. The first-order valence-electron chi connectivity index (χ1n) is 5.85. The number of aromatic hydroxyl groups is 1. The first-order valence-corrected chi connectivity index (χ1v) is 5.85. The Morgan fingerprint density at radius 3 is 2.41 bits per heavy atom. The molecule has 0 bridgehead atoms. The van der Waals surface area contributed by atoms with Gasteiger partial charge in [-0.1, -0.05) is 43.3 Å². The highest BCUT2D eigenvalue weighted by molar-refractivity contribution is 5.58. The third-order valence-electron chi connectivity index (χ3n) is 2.91. The molecule has 0 unspecified atom stereocenters. The van der Waals surface area contributed by atoms with E-state index in [4.69, 9.17) is 5.73 Å². The second-order valence-electron chi connectivity index (χ2n) is 4.21. The van der Waals surface area contributed by atoms with Gasteiger partial charge in [-0.25, -0.2) is 0 Å². The SMILES string of the molecule is CCc1cc(Cc2ccccc2)cc(N)c1O. The van der Waals surface area contributed by atoms with Gasteiger partial charge in [-0.3, -0.25) is 0 Å². The van der Waals surface area contributed by atoms with Crippen LogP contribution in [0.2, 0.25) is 0 Å². The van der Waals surface area contributed by atoms with Gasteiger partial charge in [0.1, 0.15) is 5.75 Å². The van der Waals surface area contributed by atoms with E-state index in [1.807, 2.05) is 37.3 Å². The molecule has 0 aliphatic rings. The Hall–Kier alpha value is -1.96. The molecule has 2 heteroatoms. The maximum atomic E-state index is 9.76. The Bertz CT molecular complexity index is 506. The summed E-state index contributed by atoms with van der Waals surface area (Å²) in [6.45, 7) is 2.01. The van der Waals surface area contributed by atoms with Crippen LogP contribution in [0.4, 0.5) is 5.69 Å². The van der Waals surface area contributed by atoms with Crippen LogP contribution in [0.25, 0.3) is 0 Å². The van der Waals surface area contributed by atoms with E-state index in [9.17, 15) is 5.11 Å². The van der Waals surface area contributed by atoms with Gasteiger partial charge in [0, 0.05) is 0 Å². The number of anilines is 1. The number of phenolic OH excluding ortho intramolecular Hbond substituents is 1. The highest BCUT2D eigenvalue weighted by Crippen LogP contribution is 2.28. The van der Waals surface area contributed by atoms with Crippen LogP contribution in [0.1, 0.15) is 23.6 Å². The highest BCUT2D eigenvalue weighted by Gasteiger charge is 2.06. The second-order valence-corrected chi connectivity index (χ2v) is 4.21. The zero-order valence-electron chi connectivity index (χ0n) is 9.98. The quantitative estimate of drug-likeness (QED) is 0.625. The molecule has 0 amide bonds. The van der Waals surface area contributed by atoms with Gasteiger partial charge in [0.25, 0.3) is 0 Å². The molecule has 2 aromatic rings. The maximum Gasteiger partial charge on any atom is 0.141 e. The molecule has 2 nitrogen and oxygen atoms in total. The number of phenols is 1. The second kappa shape index (κ2) is 4.91. The fraction of sp³-hybridized carbons (Fsp3) is 0.200. The summed E-state index contributed by atoms with van der Waals surface area (Å²) in [7, 11) is 0. The molecule has 0 saturated heterocycles. The number of nitrogen functional groups attached to an aromatic ring is 1. The molecule has 0 atom stereocenters. The molecule has 0 aliphatic heterocycles. The average molecular weight is 227 g/mol. The molecular formula is C15H17NO. The average Bonchev–Trinajstić information content (AvgIpc) is 2.35. The molecule has 0 aliphatic carbocycles. The van der Waals surface area contributed by atoms with E-state index < -0.39 is 0 Å². The first-order chi connectivity index (χ1) is 8.20. The molecule has 88 valence electrons. The molecule has 0 radical (unpaired) electrons. The summed E-state index contributed by atoms with van der Waals surface area (Å²) in [4.78, 5) is 0. The van der Waals surface area contributed by atoms with Crippen molar-refractivity contribution >= 4 is 5.69 Å². The molecule has 0 heterocycles. The van der Waals surface area contributed by atoms with Gasteiger partial charge in [0.05, 0.1) is 5.69 Å². The Morgan fingerprint density at radius 2 is 1.76 bits per heavy atom. The standard InChI is InChI=1S/C15H17NO/c1-2-13-9-12(10-14(16)15(13)17)8-11-6-4-3-5-7-11/h3-7,9-10,17H,2,8,16H2,1H3. The molecule has 0 spiro atoms. The Kier molecular flexibility index (Phi) is 3.33. The van der Waals surface area contributed by atoms with Gasteiger partial charge in [-0.15, -0.1) is 0 Å². The van der Waals surface area contributed by atoms with E-state index in [0.717, 1.165) is 24.0 Å². The monoisotopic (exact) mass is 227 g/mol. The lowest BCUT2D eigenvalue weighted by molar-refractivity contribution is 0.471. The minimum atomic E-state index is 0.226. The smallest absolute Gasteiger partial charge is 0.141 e. The van der Waals surface area contributed by atoms with Crippen LogP contribution in [0.5, 0.6) is 5.75 Å². The van der Waals surface area contributed by atoms with Gasteiger partial charge in [-0.05, 0) is 35.6 Å². The van der Waals surface area contributed by atoms with E-state index in [2.05, 4.69) is 12.1 Å². The zero-order chi connectivity index (χ0) is 12.3. The highest BCUT2D eigenvalue weighted by atomic mass is 16.3. The van der Waals surface area contributed by atoms with Gasteiger partial charge in [0.2, 0.25) is 0 Å². The van der Waals surface area contributed by atoms with E-state index in [0.29, 0.717) is 5.69 Å². The van der Waals surface area contributed by atoms with Crippen molar-refractivity contribution in [3.63, 3.8) is 0 Å². The number of hydrogen-bond donors (Lipinski definition) is 2. The zero-order valence-corrected chi connectivity index (χ0v) is 9.98. The summed E-state index contributed by atoms with van der Waals surface area (Å²) < 4.78 is 0. The Morgan fingerprint density at radius 1 is 1.06 bits per heavy atom. The summed E-state index contributed by atoms with van der Waals surface area (Å²) in [5, 5.41) is 9.76. The normalized spacial score (nSPS) is 10.4. The van der Waals surface area contributed by atoms with Crippen LogP contribution in [-0.2, 0) is 12.8 Å². The molecule has 0 aromatic heterocycles. The van der Waals surface area contributed by atoms with Crippen LogP contribution in [-0.4, -0.2) is 5.11 Å². The predicted octanol–water partition coefficient (Wildman–Crippen LogP) is 3.13. The van der Waals surface area contributed by atoms with Crippen molar-refractivity contribution in [1.82, 2.24) is 0 Å². The molecule has 0 saturated carbocycles. The maximum absolute atomic E-state index is 9.76. The number of aryl methyl sites for hydroxylation is 1. The van der Waals surface area contributed by atoms with E-state index >= 15 is 0 Å². The van der Waals surface area contributed by atoms with Crippen molar-refractivity contribution in [2.24, 2.45) is 0 Å². The topological polar surface area (TPSA) is 46.2 Å². The third-order valence-corrected chi connectivity index (χ3v) is 2.91. The van der Waals surface area contributed by atoms with E-state index in [1.165, 1.54) is 5.56 Å². The van der Waals surface area contributed by atoms with Crippen molar-refractivity contribution in [3.05, 3.63) is 59.2 Å². The molecule has 0 fully saturated rings. The number of nitrogens with two attached hydrogens (primary N) is 1. The minimum absolute atomic E-state index is 0.226. The third kappa shape index (κ3) is 2.59. The number of hydrogen-bond acceptors (Lipinski definition) is 2. The summed E-state index contributed by atoms with van der Waals surface area (Å²) in [5.41, 5.74) is 9.57. The summed E-state index contributed by atoms with van der Waals surface area (Å²) in [5.74, 6) is 0.226. The van der Waals surface area contributed by atoms with Crippen LogP contribution >= 0.6 is 0 Å². The minimum Gasteiger partial charge on any atom is -0.506 e. The van der Waals surface area contributed by atoms with Crippen LogP contribution < -0.4 is 5.73 Å². The molecule has 17 heavy (non-hydrogen) atoms. The number of rotatable bonds is 3. The van der Waals surface area contributed by atoms with Gasteiger partial charge < -0.3 is 10.8 Å². The Balaban J connectivity index is 2.31. The van der Waals surface area contributed by atoms with Crippen molar-refractivity contribution in [3.8, 4) is 5.75 Å². The van der Waals surface area contributed by atoms with Crippen molar-refractivity contribution in [1.29, 1.82) is 0 Å². The van der Waals surface area contributed by atoms with E-state index in [1.54, 1.807) is 0 Å². The van der Waals surface area contributed by atoms with Gasteiger partial charge in [0.15, 0.2) is 0 Å². The fourth-order valence-electron chi connectivity index (χ4n) is 1.99. The van der Waals surface area contributed by atoms with E-state index in [-0.39, 0.29) is 5.75 Å². The summed E-state index contributed by atoms with van der Waals surface area (Å²) >= 11 is 0. The molecule has 2 aromatic carbocycles. The lowest BCUT2D eigenvalue weighted by Gasteiger charge is -2.09. The van der Waals surface area contributed by atoms with Crippen LogP contribution in [0.3, 0.4) is 0 Å². The predicted molar refractivity (Wildman–Crippen MR) is 71.1 cm³/mol. The van der Waals surface area contributed by atoms with Crippen LogP contribution in [0.15, 0.2) is 42.5 Å². The van der Waals surface area contributed by atoms with Gasteiger partial charge >= 0.3 is 0 Å². The molecule has 3 N–H and O–H groups in total. The first kappa shape index (κ1) is 11.5. The van der Waals surface area contributed by atoms with Gasteiger partial charge in [-0.2, -0.15) is 0 Å². The summed E-state index contributed by atoms with van der Waals surface area (Å²) in [6, 6.07) is 14.1. The molecule has 2 rings (SSSR count).